The molecule has 6 heteroatoms. The fraction of sp³-hybridized carbons (Fsp3) is 0.600. The number of rotatable bonds is 6. The molecule has 1 aromatic rings. The van der Waals surface area contributed by atoms with Gasteiger partial charge in [0, 0.05) is 18.8 Å². The summed E-state index contributed by atoms with van der Waals surface area (Å²) in [5.74, 6) is -0.841. The lowest BCUT2D eigenvalue weighted by Gasteiger charge is -2.16. The third kappa shape index (κ3) is 4.20. The zero-order chi connectivity index (χ0) is 12.1. The van der Waals surface area contributed by atoms with E-state index >= 15 is 0 Å². The lowest BCUT2D eigenvalue weighted by molar-refractivity contribution is -0.139. The molecule has 0 spiro atoms. The number of carboxylic acids is 1. The van der Waals surface area contributed by atoms with Gasteiger partial charge in [-0.2, -0.15) is 5.10 Å². The van der Waals surface area contributed by atoms with E-state index in [1.165, 1.54) is 6.20 Å². The summed E-state index contributed by atoms with van der Waals surface area (Å²) in [4.78, 5) is 10.9. The Hall–Kier alpha value is -1.07. The molecule has 90 valence electrons. The number of carboxylic acid groups (broad SMARTS) is 1. The first-order chi connectivity index (χ1) is 7.49. The van der Waals surface area contributed by atoms with Crippen LogP contribution in [0, 0.1) is 0 Å². The average molecular weight is 246 g/mol. The molecule has 1 atom stereocenters. The van der Waals surface area contributed by atoms with Crippen LogP contribution in [0.5, 0.6) is 0 Å². The van der Waals surface area contributed by atoms with E-state index < -0.39 is 12.0 Å². The van der Waals surface area contributed by atoms with E-state index in [1.54, 1.807) is 10.9 Å². The van der Waals surface area contributed by atoms with Crippen LogP contribution in [0.2, 0.25) is 5.02 Å². The third-order valence-electron chi connectivity index (χ3n) is 2.08. The smallest absolute Gasteiger partial charge is 0.320 e. The Balaban J connectivity index is 2.46. The van der Waals surface area contributed by atoms with Crippen LogP contribution in [0.15, 0.2) is 12.4 Å². The van der Waals surface area contributed by atoms with Crippen molar-refractivity contribution in [2.24, 2.45) is 0 Å². The first-order valence-corrected chi connectivity index (χ1v) is 5.53. The van der Waals surface area contributed by atoms with Crippen molar-refractivity contribution in [1.29, 1.82) is 0 Å². The maximum absolute atomic E-state index is 10.9. The molecule has 16 heavy (non-hydrogen) atoms. The molecule has 0 fully saturated rings. The maximum atomic E-state index is 10.9. The second kappa shape index (κ2) is 5.86. The van der Waals surface area contributed by atoms with Crippen molar-refractivity contribution in [3.63, 3.8) is 0 Å². The second-order valence-corrected chi connectivity index (χ2v) is 4.36. The summed E-state index contributed by atoms with van der Waals surface area (Å²) in [6.45, 7) is 4.37. The topological polar surface area (TPSA) is 67.2 Å². The number of aliphatic carboxylic acids is 1. The summed E-state index contributed by atoms with van der Waals surface area (Å²) in [7, 11) is 0. The van der Waals surface area contributed by atoms with Gasteiger partial charge in [0.25, 0.3) is 0 Å². The van der Waals surface area contributed by atoms with Crippen molar-refractivity contribution < 1.29 is 9.90 Å². The van der Waals surface area contributed by atoms with E-state index in [-0.39, 0.29) is 6.04 Å². The van der Waals surface area contributed by atoms with Gasteiger partial charge >= 0.3 is 5.97 Å². The van der Waals surface area contributed by atoms with E-state index in [9.17, 15) is 4.79 Å². The number of hydrogen-bond donors (Lipinski definition) is 2. The molecule has 0 bridgehead atoms. The summed E-state index contributed by atoms with van der Waals surface area (Å²) in [5.41, 5.74) is 0. The van der Waals surface area contributed by atoms with Crippen molar-refractivity contribution in [2.45, 2.75) is 38.9 Å². The van der Waals surface area contributed by atoms with Gasteiger partial charge in [-0.3, -0.25) is 9.48 Å². The number of hydrogen-bond acceptors (Lipinski definition) is 3. The van der Waals surface area contributed by atoms with Crippen molar-refractivity contribution in [3.05, 3.63) is 17.4 Å². The standard InChI is InChI=1S/C10H16ClN3O2/c1-7(2)13-9(10(15)16)3-4-14-6-8(11)5-12-14/h5-7,9,13H,3-4H2,1-2H3,(H,15,16). The molecule has 1 unspecified atom stereocenters. The molecule has 2 N–H and O–H groups in total. The zero-order valence-corrected chi connectivity index (χ0v) is 10.1. The van der Waals surface area contributed by atoms with Crippen molar-refractivity contribution >= 4 is 17.6 Å². The summed E-state index contributed by atoms with van der Waals surface area (Å²) >= 11 is 5.71. The number of carbonyl (C=O) groups is 1. The molecular weight excluding hydrogens is 230 g/mol. The first-order valence-electron chi connectivity index (χ1n) is 5.16. The van der Waals surface area contributed by atoms with Gasteiger partial charge in [0.15, 0.2) is 0 Å². The number of nitrogens with zero attached hydrogens (tertiary/aromatic N) is 2. The third-order valence-corrected chi connectivity index (χ3v) is 2.28. The molecule has 1 heterocycles. The maximum Gasteiger partial charge on any atom is 0.320 e. The Morgan fingerprint density at radius 1 is 1.69 bits per heavy atom. The average Bonchev–Trinajstić information content (AvgIpc) is 2.58. The van der Waals surface area contributed by atoms with Crippen LogP contribution in [-0.2, 0) is 11.3 Å². The quantitative estimate of drug-likeness (QED) is 0.795. The van der Waals surface area contributed by atoms with Gasteiger partial charge in [-0.1, -0.05) is 25.4 Å². The van der Waals surface area contributed by atoms with Crippen LogP contribution in [0.3, 0.4) is 0 Å². The fourth-order valence-electron chi connectivity index (χ4n) is 1.40. The molecule has 1 rings (SSSR count). The molecule has 0 saturated heterocycles. The highest BCUT2D eigenvalue weighted by molar-refractivity contribution is 6.30. The number of nitrogens with one attached hydrogen (secondary N) is 1. The molecule has 0 saturated carbocycles. The van der Waals surface area contributed by atoms with Gasteiger partial charge < -0.3 is 10.4 Å². The molecule has 0 aliphatic rings. The van der Waals surface area contributed by atoms with Crippen molar-refractivity contribution in [3.8, 4) is 0 Å². The molecule has 1 aromatic heterocycles. The van der Waals surface area contributed by atoms with Crippen LogP contribution in [-0.4, -0.2) is 32.9 Å². The van der Waals surface area contributed by atoms with Gasteiger partial charge in [0.2, 0.25) is 0 Å². The van der Waals surface area contributed by atoms with Gasteiger partial charge in [-0.25, -0.2) is 0 Å². The van der Waals surface area contributed by atoms with Crippen LogP contribution in [0.25, 0.3) is 0 Å². The van der Waals surface area contributed by atoms with E-state index in [2.05, 4.69) is 10.4 Å². The highest BCUT2D eigenvalue weighted by atomic mass is 35.5. The molecular formula is C10H16ClN3O2. The Morgan fingerprint density at radius 3 is 2.81 bits per heavy atom. The Morgan fingerprint density at radius 2 is 2.38 bits per heavy atom. The van der Waals surface area contributed by atoms with Gasteiger partial charge in [-0.15, -0.1) is 0 Å². The molecule has 0 aliphatic heterocycles. The molecule has 0 radical (unpaired) electrons. The summed E-state index contributed by atoms with van der Waals surface area (Å²) < 4.78 is 1.64. The minimum atomic E-state index is -0.841. The molecule has 0 aromatic carbocycles. The Kier molecular flexibility index (Phi) is 4.76. The lowest BCUT2D eigenvalue weighted by atomic mass is 10.2. The van der Waals surface area contributed by atoms with E-state index in [4.69, 9.17) is 16.7 Å². The van der Waals surface area contributed by atoms with Crippen LogP contribution in [0.1, 0.15) is 20.3 Å². The van der Waals surface area contributed by atoms with Gasteiger partial charge in [0.1, 0.15) is 6.04 Å². The minimum Gasteiger partial charge on any atom is -0.480 e. The SMILES string of the molecule is CC(C)NC(CCn1cc(Cl)cn1)C(=O)O. The van der Waals surface area contributed by atoms with Crippen molar-refractivity contribution in [2.75, 3.05) is 0 Å². The van der Waals surface area contributed by atoms with Crippen LogP contribution in [0.4, 0.5) is 0 Å². The van der Waals surface area contributed by atoms with Gasteiger partial charge in [0.05, 0.1) is 11.2 Å². The predicted octanol–water partition coefficient (Wildman–Crippen LogP) is 1.38. The Bertz CT molecular complexity index is 352. The van der Waals surface area contributed by atoms with Crippen LogP contribution < -0.4 is 5.32 Å². The van der Waals surface area contributed by atoms with E-state index in [1.807, 2.05) is 13.8 Å². The summed E-state index contributed by atoms with van der Waals surface area (Å²) in [6, 6.07) is -0.412. The minimum absolute atomic E-state index is 0.141. The number of aryl methyl sites for hydroxylation is 1. The second-order valence-electron chi connectivity index (χ2n) is 3.92. The summed E-state index contributed by atoms with van der Waals surface area (Å²) in [6.07, 6.45) is 3.69. The molecule has 0 aliphatic carbocycles. The highest BCUT2D eigenvalue weighted by Gasteiger charge is 2.17. The monoisotopic (exact) mass is 245 g/mol. The van der Waals surface area contributed by atoms with E-state index in [0.29, 0.717) is 18.0 Å². The molecule has 0 amide bonds. The normalized spacial score (nSPS) is 13.0. The predicted molar refractivity (Wildman–Crippen MR) is 61.5 cm³/mol. The number of aromatic nitrogens is 2. The lowest BCUT2D eigenvalue weighted by Crippen LogP contribution is -2.41. The zero-order valence-electron chi connectivity index (χ0n) is 9.35. The highest BCUT2D eigenvalue weighted by Crippen LogP contribution is 2.06. The van der Waals surface area contributed by atoms with Crippen molar-refractivity contribution in [1.82, 2.24) is 15.1 Å². The fourth-order valence-corrected chi connectivity index (χ4v) is 1.56. The summed E-state index contributed by atoms with van der Waals surface area (Å²) in [5, 5.41) is 16.5. The Labute approximate surface area is 99.4 Å². The first kappa shape index (κ1) is 13.0. The van der Waals surface area contributed by atoms with Gasteiger partial charge in [-0.05, 0) is 6.42 Å². The largest absolute Gasteiger partial charge is 0.480 e. The number of halogens is 1. The van der Waals surface area contributed by atoms with Crippen LogP contribution >= 0.6 is 11.6 Å². The van der Waals surface area contributed by atoms with E-state index in [0.717, 1.165) is 0 Å². The molecule has 5 nitrogen and oxygen atoms in total.